The van der Waals surface area contributed by atoms with Crippen LogP contribution in [-0.4, -0.2) is 31.9 Å². The molecule has 0 aliphatic carbocycles. The van der Waals surface area contributed by atoms with Crippen molar-refractivity contribution in [2.45, 2.75) is 38.4 Å². The Hall–Kier alpha value is -2.67. The molecule has 1 aromatic heterocycles. The Morgan fingerprint density at radius 3 is 2.70 bits per heavy atom. The van der Waals surface area contributed by atoms with Gasteiger partial charge in [0.2, 0.25) is 11.1 Å². The molecule has 0 spiro atoms. The first kappa shape index (κ1) is 19.1. The number of nitrogens with zero attached hydrogens (tertiary/aromatic N) is 4. The highest BCUT2D eigenvalue weighted by molar-refractivity contribution is 7.99. The Morgan fingerprint density at radius 2 is 2.00 bits per heavy atom. The van der Waals surface area contributed by atoms with Gasteiger partial charge in [-0.3, -0.25) is 4.79 Å². The molecule has 0 aliphatic rings. The molecule has 0 saturated carbocycles. The average molecular weight is 382 g/mol. The van der Waals surface area contributed by atoms with Gasteiger partial charge in [-0.25, -0.2) is 0 Å². The first-order valence-corrected chi connectivity index (χ1v) is 9.91. The van der Waals surface area contributed by atoms with Crippen molar-refractivity contribution in [3.63, 3.8) is 0 Å². The molecule has 1 N–H and O–H groups in total. The van der Waals surface area contributed by atoms with E-state index in [4.69, 9.17) is 0 Å². The molecule has 3 rings (SSSR count). The number of hydrogen-bond acceptors (Lipinski definition) is 5. The number of aromatic nitrogens is 4. The molecular formula is C20H23N5OS. The van der Waals surface area contributed by atoms with Crippen LogP contribution in [0.15, 0.2) is 53.7 Å². The van der Waals surface area contributed by atoms with Gasteiger partial charge in [0.25, 0.3) is 0 Å². The predicted molar refractivity (Wildman–Crippen MR) is 107 cm³/mol. The Labute approximate surface area is 163 Å². The van der Waals surface area contributed by atoms with E-state index in [1.54, 1.807) is 4.68 Å². The van der Waals surface area contributed by atoms with Crippen molar-refractivity contribution >= 4 is 17.7 Å². The van der Waals surface area contributed by atoms with Gasteiger partial charge in [0.05, 0.1) is 17.5 Å². The van der Waals surface area contributed by atoms with Gasteiger partial charge in [-0.2, -0.15) is 4.68 Å². The lowest BCUT2D eigenvalue weighted by molar-refractivity contribution is -0.119. The summed E-state index contributed by atoms with van der Waals surface area (Å²) in [7, 11) is 0. The maximum Gasteiger partial charge on any atom is 0.230 e. The summed E-state index contributed by atoms with van der Waals surface area (Å²) in [5.41, 5.74) is 4.39. The van der Waals surface area contributed by atoms with Gasteiger partial charge < -0.3 is 5.32 Å². The van der Waals surface area contributed by atoms with Crippen LogP contribution in [0.25, 0.3) is 5.69 Å². The zero-order valence-electron chi connectivity index (χ0n) is 15.7. The van der Waals surface area contributed by atoms with E-state index in [0.29, 0.717) is 5.16 Å². The van der Waals surface area contributed by atoms with E-state index in [1.807, 2.05) is 38.1 Å². The number of carbonyl (C=O) groups excluding carboxylic acids is 1. The van der Waals surface area contributed by atoms with Gasteiger partial charge in [-0.1, -0.05) is 55.1 Å². The summed E-state index contributed by atoms with van der Waals surface area (Å²) in [5.74, 6) is 0.203. The molecule has 1 heterocycles. The van der Waals surface area contributed by atoms with Crippen molar-refractivity contribution in [3.05, 3.63) is 65.2 Å². The van der Waals surface area contributed by atoms with E-state index >= 15 is 0 Å². The molecule has 1 unspecified atom stereocenters. The second kappa shape index (κ2) is 8.81. The standard InChI is InChI=1S/C20H23N5OS/c1-4-16-8-10-17(11-9-16)15(3)21-19(26)13-27-20-22-23-24-25(20)18-7-5-6-14(2)12-18/h5-12,15H,4,13H2,1-3H3,(H,21,26). The smallest absolute Gasteiger partial charge is 0.230 e. The number of tetrazole rings is 1. The third-order valence-electron chi connectivity index (χ3n) is 4.28. The van der Waals surface area contributed by atoms with Gasteiger partial charge in [0.15, 0.2) is 0 Å². The van der Waals surface area contributed by atoms with Gasteiger partial charge in [-0.15, -0.1) is 5.10 Å². The highest BCUT2D eigenvalue weighted by Gasteiger charge is 2.14. The SMILES string of the molecule is CCc1ccc(C(C)NC(=O)CSc2nnnn2-c2cccc(C)c2)cc1. The Bertz CT molecular complexity index is 907. The fourth-order valence-electron chi connectivity index (χ4n) is 2.73. The first-order chi connectivity index (χ1) is 13.1. The van der Waals surface area contributed by atoms with Crippen LogP contribution in [0.3, 0.4) is 0 Å². The maximum absolute atomic E-state index is 12.3. The van der Waals surface area contributed by atoms with Crippen LogP contribution in [0.4, 0.5) is 0 Å². The van der Waals surface area contributed by atoms with Crippen molar-refractivity contribution in [1.82, 2.24) is 25.5 Å². The zero-order valence-corrected chi connectivity index (χ0v) is 16.5. The van der Waals surface area contributed by atoms with E-state index in [-0.39, 0.29) is 17.7 Å². The fraction of sp³-hybridized carbons (Fsp3) is 0.300. The summed E-state index contributed by atoms with van der Waals surface area (Å²) in [6, 6.07) is 16.2. The van der Waals surface area contributed by atoms with Crippen LogP contribution in [0, 0.1) is 6.92 Å². The number of aryl methyl sites for hydroxylation is 2. The Kier molecular flexibility index (Phi) is 6.24. The van der Waals surface area contributed by atoms with E-state index in [2.05, 4.69) is 52.0 Å². The lowest BCUT2D eigenvalue weighted by Gasteiger charge is -2.14. The second-order valence-electron chi connectivity index (χ2n) is 6.39. The van der Waals surface area contributed by atoms with Crippen LogP contribution in [0.5, 0.6) is 0 Å². The van der Waals surface area contributed by atoms with Gasteiger partial charge in [-0.05, 0) is 59.5 Å². The van der Waals surface area contributed by atoms with Crippen LogP contribution >= 0.6 is 11.8 Å². The van der Waals surface area contributed by atoms with Crippen LogP contribution < -0.4 is 5.32 Å². The van der Waals surface area contributed by atoms with E-state index in [0.717, 1.165) is 23.2 Å². The molecule has 27 heavy (non-hydrogen) atoms. The summed E-state index contributed by atoms with van der Waals surface area (Å²) in [6.07, 6.45) is 1.01. The minimum atomic E-state index is -0.0501. The normalized spacial score (nSPS) is 12.0. The highest BCUT2D eigenvalue weighted by atomic mass is 32.2. The summed E-state index contributed by atoms with van der Waals surface area (Å²) in [6.45, 7) is 6.13. The maximum atomic E-state index is 12.3. The highest BCUT2D eigenvalue weighted by Crippen LogP contribution is 2.19. The molecule has 0 aliphatic heterocycles. The van der Waals surface area contributed by atoms with Crippen LogP contribution in [0.2, 0.25) is 0 Å². The number of rotatable bonds is 7. The van der Waals surface area contributed by atoms with Gasteiger partial charge >= 0.3 is 0 Å². The van der Waals surface area contributed by atoms with Crippen LogP contribution in [0.1, 0.15) is 36.6 Å². The molecule has 2 aromatic carbocycles. The molecule has 7 heteroatoms. The predicted octanol–water partition coefficient (Wildman–Crippen LogP) is 3.50. The topological polar surface area (TPSA) is 72.7 Å². The van der Waals surface area contributed by atoms with Gasteiger partial charge in [0, 0.05) is 0 Å². The molecule has 3 aromatic rings. The lowest BCUT2D eigenvalue weighted by Crippen LogP contribution is -2.28. The third kappa shape index (κ3) is 4.95. The number of nitrogens with one attached hydrogen (secondary N) is 1. The molecule has 1 amide bonds. The summed E-state index contributed by atoms with van der Waals surface area (Å²) in [4.78, 5) is 12.3. The van der Waals surface area contributed by atoms with Crippen molar-refractivity contribution < 1.29 is 4.79 Å². The van der Waals surface area contributed by atoms with Crippen molar-refractivity contribution in [2.75, 3.05) is 5.75 Å². The van der Waals surface area contributed by atoms with Crippen molar-refractivity contribution in [1.29, 1.82) is 0 Å². The van der Waals surface area contributed by atoms with Crippen LogP contribution in [-0.2, 0) is 11.2 Å². The summed E-state index contributed by atoms with van der Waals surface area (Å²) >= 11 is 1.32. The quantitative estimate of drug-likeness (QED) is 0.634. The second-order valence-corrected chi connectivity index (χ2v) is 7.33. The average Bonchev–Trinajstić information content (AvgIpc) is 3.15. The largest absolute Gasteiger partial charge is 0.349 e. The molecule has 0 bridgehead atoms. The summed E-state index contributed by atoms with van der Waals surface area (Å²) < 4.78 is 1.65. The molecule has 0 radical (unpaired) electrons. The van der Waals surface area contributed by atoms with Crippen molar-refractivity contribution in [2.24, 2.45) is 0 Å². The molecule has 1 atom stereocenters. The van der Waals surface area contributed by atoms with Crippen molar-refractivity contribution in [3.8, 4) is 5.69 Å². The number of amides is 1. The third-order valence-corrected chi connectivity index (χ3v) is 5.20. The fourth-order valence-corrected chi connectivity index (χ4v) is 3.43. The molecular weight excluding hydrogens is 358 g/mol. The minimum Gasteiger partial charge on any atom is -0.349 e. The molecule has 0 saturated heterocycles. The van der Waals surface area contributed by atoms with E-state index < -0.39 is 0 Å². The number of hydrogen-bond donors (Lipinski definition) is 1. The number of benzene rings is 2. The van der Waals surface area contributed by atoms with E-state index in [1.165, 1.54) is 17.3 Å². The summed E-state index contributed by atoms with van der Waals surface area (Å²) in [5, 5.41) is 15.4. The van der Waals surface area contributed by atoms with Gasteiger partial charge in [0.1, 0.15) is 0 Å². The number of thioether (sulfide) groups is 1. The lowest BCUT2D eigenvalue weighted by atomic mass is 10.1. The first-order valence-electron chi connectivity index (χ1n) is 8.93. The molecule has 140 valence electrons. The monoisotopic (exact) mass is 381 g/mol. The minimum absolute atomic E-state index is 0.0447. The molecule has 6 nitrogen and oxygen atoms in total. The zero-order chi connectivity index (χ0) is 19.2. The number of carbonyl (C=O) groups is 1. The van der Waals surface area contributed by atoms with E-state index in [9.17, 15) is 4.79 Å². The Morgan fingerprint density at radius 1 is 1.22 bits per heavy atom. The molecule has 0 fully saturated rings. The Balaban J connectivity index is 1.59.